The molecular formula is C25H26N4O5. The normalized spacial score (nSPS) is 16.8. The molecule has 0 aliphatic carbocycles. The van der Waals surface area contributed by atoms with E-state index >= 15 is 0 Å². The van der Waals surface area contributed by atoms with Crippen molar-refractivity contribution in [1.29, 1.82) is 0 Å². The third-order valence-electron chi connectivity index (χ3n) is 6.02. The fourth-order valence-corrected chi connectivity index (χ4v) is 4.27. The molecule has 0 radical (unpaired) electrons. The number of amides is 2. The maximum absolute atomic E-state index is 13.5. The minimum Gasteiger partial charge on any atom is -0.497 e. The molecule has 9 heteroatoms. The summed E-state index contributed by atoms with van der Waals surface area (Å²) in [7, 11) is 1.61. The number of methoxy groups -OCH3 is 1. The summed E-state index contributed by atoms with van der Waals surface area (Å²) in [5, 5.41) is 7.40. The lowest BCUT2D eigenvalue weighted by atomic mass is 10.1. The van der Waals surface area contributed by atoms with Crippen LogP contribution in [0.25, 0.3) is 0 Å². The Balaban J connectivity index is 1.35. The molecule has 3 aromatic rings. The van der Waals surface area contributed by atoms with Gasteiger partial charge in [0.05, 0.1) is 31.5 Å². The predicted molar refractivity (Wildman–Crippen MR) is 122 cm³/mol. The zero-order valence-corrected chi connectivity index (χ0v) is 18.9. The van der Waals surface area contributed by atoms with Gasteiger partial charge in [0.1, 0.15) is 25.0 Å². The van der Waals surface area contributed by atoms with Gasteiger partial charge in [-0.1, -0.05) is 42.5 Å². The van der Waals surface area contributed by atoms with E-state index in [2.05, 4.69) is 10.4 Å². The van der Waals surface area contributed by atoms with Crippen molar-refractivity contribution in [3.63, 3.8) is 0 Å². The fraction of sp³-hybridized carbons (Fsp3) is 0.320. The number of aromatic nitrogens is 2. The molecule has 1 aromatic heterocycles. The first kappa shape index (κ1) is 21.8. The lowest BCUT2D eigenvalue weighted by molar-refractivity contribution is -0.134. The predicted octanol–water partition coefficient (Wildman–Crippen LogP) is 2.66. The Morgan fingerprint density at radius 3 is 2.71 bits per heavy atom. The van der Waals surface area contributed by atoms with E-state index in [1.54, 1.807) is 12.0 Å². The zero-order chi connectivity index (χ0) is 23.5. The molecule has 0 fully saturated rings. The Kier molecular flexibility index (Phi) is 6.07. The fourth-order valence-electron chi connectivity index (χ4n) is 4.27. The molecule has 0 saturated carbocycles. The van der Waals surface area contributed by atoms with E-state index in [9.17, 15) is 9.59 Å². The van der Waals surface area contributed by atoms with Gasteiger partial charge in [0, 0.05) is 13.0 Å². The smallest absolute Gasteiger partial charge is 0.408 e. The van der Waals surface area contributed by atoms with Crippen LogP contribution in [0.4, 0.5) is 4.79 Å². The molecule has 2 amide bonds. The third kappa shape index (κ3) is 4.54. The average molecular weight is 463 g/mol. The Labute approximate surface area is 197 Å². The summed E-state index contributed by atoms with van der Waals surface area (Å²) in [6.45, 7) is 2.10. The Bertz CT molecular complexity index is 1180. The van der Waals surface area contributed by atoms with Crippen LogP contribution in [0, 0.1) is 0 Å². The van der Waals surface area contributed by atoms with Crippen LogP contribution in [0.2, 0.25) is 0 Å². The topological polar surface area (TPSA) is 94.9 Å². The van der Waals surface area contributed by atoms with Crippen molar-refractivity contribution in [3.8, 4) is 11.6 Å². The molecule has 9 nitrogen and oxygen atoms in total. The molecule has 1 N–H and O–H groups in total. The van der Waals surface area contributed by atoms with E-state index in [4.69, 9.17) is 14.2 Å². The van der Waals surface area contributed by atoms with Crippen LogP contribution in [0.3, 0.4) is 0 Å². The third-order valence-corrected chi connectivity index (χ3v) is 6.02. The number of rotatable bonds is 6. The van der Waals surface area contributed by atoms with Crippen molar-refractivity contribution in [2.45, 2.75) is 38.7 Å². The SMILES string of the molecule is COc1ccc(CN2Cc3c(nn4c3OCC4)CC(NC(=O)OCc3ccccc3)C2=O)cc1. The van der Waals surface area contributed by atoms with Crippen LogP contribution < -0.4 is 14.8 Å². The zero-order valence-electron chi connectivity index (χ0n) is 18.9. The van der Waals surface area contributed by atoms with Crippen LogP contribution in [0.5, 0.6) is 11.6 Å². The van der Waals surface area contributed by atoms with Crippen LogP contribution in [-0.4, -0.2) is 46.4 Å². The number of hydrogen-bond donors (Lipinski definition) is 1. The second kappa shape index (κ2) is 9.46. The molecule has 1 unspecified atom stereocenters. The molecule has 176 valence electrons. The summed E-state index contributed by atoms with van der Waals surface area (Å²) in [5.41, 5.74) is 3.47. The number of hydrogen-bond acceptors (Lipinski definition) is 6. The van der Waals surface area contributed by atoms with Gasteiger partial charge in [-0.25, -0.2) is 9.48 Å². The van der Waals surface area contributed by atoms with Crippen molar-refractivity contribution < 1.29 is 23.8 Å². The summed E-state index contributed by atoms with van der Waals surface area (Å²) in [5.74, 6) is 1.26. The number of nitrogens with zero attached hydrogens (tertiary/aromatic N) is 3. The van der Waals surface area contributed by atoms with Gasteiger partial charge in [-0.2, -0.15) is 5.10 Å². The second-order valence-corrected chi connectivity index (χ2v) is 8.31. The highest BCUT2D eigenvalue weighted by Gasteiger charge is 2.36. The first-order valence-electron chi connectivity index (χ1n) is 11.2. The molecule has 0 saturated heterocycles. The van der Waals surface area contributed by atoms with Crippen molar-refractivity contribution in [2.24, 2.45) is 0 Å². The van der Waals surface area contributed by atoms with Crippen LogP contribution in [-0.2, 0) is 42.2 Å². The molecule has 2 aliphatic heterocycles. The monoisotopic (exact) mass is 462 g/mol. The molecule has 0 spiro atoms. The highest BCUT2D eigenvalue weighted by molar-refractivity contribution is 5.86. The quantitative estimate of drug-likeness (QED) is 0.605. The van der Waals surface area contributed by atoms with Crippen LogP contribution >= 0.6 is 0 Å². The first-order valence-corrected chi connectivity index (χ1v) is 11.2. The van der Waals surface area contributed by atoms with E-state index in [1.807, 2.05) is 59.3 Å². The summed E-state index contributed by atoms with van der Waals surface area (Å²) >= 11 is 0. The van der Waals surface area contributed by atoms with E-state index in [-0.39, 0.29) is 18.9 Å². The standard InChI is InChI=1S/C25H26N4O5/c1-32-19-9-7-17(8-10-19)14-28-15-20-21(27-29-11-12-33-24(20)29)13-22(23(28)30)26-25(31)34-16-18-5-3-2-4-6-18/h2-10,22H,11-16H2,1H3,(H,26,31). The van der Waals surface area contributed by atoms with Gasteiger partial charge >= 0.3 is 6.09 Å². The highest BCUT2D eigenvalue weighted by atomic mass is 16.5. The van der Waals surface area contributed by atoms with E-state index in [0.29, 0.717) is 32.1 Å². The van der Waals surface area contributed by atoms with E-state index < -0.39 is 12.1 Å². The number of carbonyl (C=O) groups is 2. The van der Waals surface area contributed by atoms with Gasteiger partial charge in [0.2, 0.25) is 11.8 Å². The van der Waals surface area contributed by atoms with Crippen molar-refractivity contribution in [2.75, 3.05) is 13.7 Å². The lowest BCUT2D eigenvalue weighted by Crippen LogP contribution is -2.48. The van der Waals surface area contributed by atoms with E-state index in [0.717, 1.165) is 28.1 Å². The summed E-state index contributed by atoms with van der Waals surface area (Å²) < 4.78 is 18.2. The highest BCUT2D eigenvalue weighted by Crippen LogP contribution is 2.31. The van der Waals surface area contributed by atoms with Gasteiger partial charge in [-0.15, -0.1) is 0 Å². The average Bonchev–Trinajstić information content (AvgIpc) is 3.41. The summed E-state index contributed by atoms with van der Waals surface area (Å²) in [6.07, 6.45) is -0.366. The number of alkyl carbamates (subject to hydrolysis) is 1. The second-order valence-electron chi connectivity index (χ2n) is 8.31. The maximum Gasteiger partial charge on any atom is 0.408 e. The van der Waals surface area contributed by atoms with Gasteiger partial charge < -0.3 is 24.4 Å². The van der Waals surface area contributed by atoms with Crippen LogP contribution in [0.1, 0.15) is 22.4 Å². The van der Waals surface area contributed by atoms with Crippen molar-refractivity contribution >= 4 is 12.0 Å². The van der Waals surface area contributed by atoms with Gasteiger partial charge in [0.25, 0.3) is 0 Å². The molecule has 3 heterocycles. The van der Waals surface area contributed by atoms with Gasteiger partial charge in [-0.3, -0.25) is 4.79 Å². The minimum absolute atomic E-state index is 0.126. The largest absolute Gasteiger partial charge is 0.497 e. The lowest BCUT2D eigenvalue weighted by Gasteiger charge is -2.25. The van der Waals surface area contributed by atoms with Gasteiger partial charge in [0.15, 0.2) is 0 Å². The Morgan fingerprint density at radius 2 is 1.94 bits per heavy atom. The maximum atomic E-state index is 13.5. The van der Waals surface area contributed by atoms with E-state index in [1.165, 1.54) is 0 Å². The molecule has 0 bridgehead atoms. The number of carbonyl (C=O) groups excluding carboxylic acids is 2. The molecule has 1 atom stereocenters. The number of benzene rings is 2. The first-order chi connectivity index (χ1) is 16.6. The van der Waals surface area contributed by atoms with Crippen molar-refractivity contribution in [3.05, 3.63) is 77.0 Å². The van der Waals surface area contributed by atoms with Crippen LogP contribution in [0.15, 0.2) is 54.6 Å². The number of fused-ring (bicyclic) bond motifs is 3. The summed E-state index contributed by atoms with van der Waals surface area (Å²) in [6, 6.07) is 16.2. The van der Waals surface area contributed by atoms with Crippen molar-refractivity contribution in [1.82, 2.24) is 20.0 Å². The summed E-state index contributed by atoms with van der Waals surface area (Å²) in [4.78, 5) is 27.8. The number of ether oxygens (including phenoxy) is 3. The molecule has 2 aliphatic rings. The molecule has 2 aromatic carbocycles. The number of nitrogens with one attached hydrogen (secondary N) is 1. The minimum atomic E-state index is -0.793. The molecular weight excluding hydrogens is 436 g/mol. The van der Waals surface area contributed by atoms with Gasteiger partial charge in [-0.05, 0) is 23.3 Å². The molecule has 34 heavy (non-hydrogen) atoms. The Hall–Kier alpha value is -4.01. The Morgan fingerprint density at radius 1 is 1.15 bits per heavy atom. The molecule has 5 rings (SSSR count).